The lowest BCUT2D eigenvalue weighted by atomic mass is 9.95. The van der Waals surface area contributed by atoms with Crippen LogP contribution in [0.1, 0.15) is 32.3 Å². The maximum absolute atomic E-state index is 12.4. The average Bonchev–Trinajstić information content (AvgIpc) is 3.13. The normalized spacial score (nSPS) is 17.7. The molecule has 1 aromatic carbocycles. The van der Waals surface area contributed by atoms with Gasteiger partial charge in [-0.25, -0.2) is 0 Å². The first-order chi connectivity index (χ1) is 12.7. The number of benzene rings is 1. The third-order valence-corrected chi connectivity index (χ3v) is 5.42. The number of nitrogens with one attached hydrogen (secondary N) is 1. The molecule has 26 heavy (non-hydrogen) atoms. The van der Waals surface area contributed by atoms with Gasteiger partial charge in [0.1, 0.15) is 0 Å². The van der Waals surface area contributed by atoms with Gasteiger partial charge in [0, 0.05) is 25.6 Å². The molecule has 6 heteroatoms. The summed E-state index contributed by atoms with van der Waals surface area (Å²) in [4.78, 5) is 17.1. The Kier molecular flexibility index (Phi) is 6.74. The molecule has 0 saturated carbocycles. The van der Waals surface area contributed by atoms with E-state index in [0.717, 1.165) is 70.2 Å². The third kappa shape index (κ3) is 4.89. The van der Waals surface area contributed by atoms with Crippen LogP contribution in [0, 0.1) is 5.92 Å². The Morgan fingerprint density at radius 3 is 2.65 bits per heavy atom. The average molecular weight is 361 g/mol. The van der Waals surface area contributed by atoms with Crippen molar-refractivity contribution in [3.8, 4) is 11.5 Å². The van der Waals surface area contributed by atoms with E-state index in [2.05, 4.69) is 41.1 Å². The molecular weight excluding hydrogens is 330 g/mol. The number of likely N-dealkylation sites (tertiary alicyclic amines) is 1. The molecule has 1 saturated heterocycles. The highest BCUT2D eigenvalue weighted by molar-refractivity contribution is 5.78. The molecule has 1 aromatic rings. The van der Waals surface area contributed by atoms with E-state index in [0.29, 0.717) is 6.79 Å². The van der Waals surface area contributed by atoms with E-state index in [1.165, 1.54) is 5.56 Å². The molecular formula is C20H31N3O3. The fraction of sp³-hybridized carbons (Fsp3) is 0.650. The molecule has 6 nitrogen and oxygen atoms in total. The Labute approximate surface area is 156 Å². The lowest BCUT2D eigenvalue weighted by Crippen LogP contribution is -2.42. The zero-order chi connectivity index (χ0) is 18.4. The van der Waals surface area contributed by atoms with Crippen molar-refractivity contribution in [1.82, 2.24) is 15.1 Å². The largest absolute Gasteiger partial charge is 0.454 e. The monoisotopic (exact) mass is 361 g/mol. The van der Waals surface area contributed by atoms with E-state index in [9.17, 15) is 4.79 Å². The van der Waals surface area contributed by atoms with Crippen molar-refractivity contribution in [3.05, 3.63) is 23.8 Å². The number of likely N-dealkylation sites (N-methyl/N-ethyl adjacent to an activating group) is 1. The molecule has 1 N–H and O–H groups in total. The molecule has 0 aromatic heterocycles. The maximum Gasteiger partial charge on any atom is 0.231 e. The Morgan fingerprint density at radius 2 is 1.92 bits per heavy atom. The van der Waals surface area contributed by atoms with Crippen molar-refractivity contribution in [2.24, 2.45) is 5.92 Å². The van der Waals surface area contributed by atoms with E-state index in [-0.39, 0.29) is 11.8 Å². The van der Waals surface area contributed by atoms with Crippen molar-refractivity contribution in [3.63, 3.8) is 0 Å². The summed E-state index contributed by atoms with van der Waals surface area (Å²) in [6.45, 7) is 11.2. The van der Waals surface area contributed by atoms with Gasteiger partial charge in [0.2, 0.25) is 12.7 Å². The van der Waals surface area contributed by atoms with Crippen LogP contribution in [0.15, 0.2) is 18.2 Å². The minimum atomic E-state index is 0.153. The predicted molar refractivity (Wildman–Crippen MR) is 101 cm³/mol. The van der Waals surface area contributed by atoms with Gasteiger partial charge in [0.15, 0.2) is 11.5 Å². The Morgan fingerprint density at radius 1 is 1.19 bits per heavy atom. The highest BCUT2D eigenvalue weighted by atomic mass is 16.7. The fourth-order valence-corrected chi connectivity index (χ4v) is 3.67. The molecule has 0 radical (unpaired) electrons. The zero-order valence-electron chi connectivity index (χ0n) is 16.0. The van der Waals surface area contributed by atoms with Crippen molar-refractivity contribution in [2.45, 2.75) is 33.2 Å². The van der Waals surface area contributed by atoms with E-state index < -0.39 is 0 Å². The van der Waals surface area contributed by atoms with Gasteiger partial charge in [-0.1, -0.05) is 19.9 Å². The summed E-state index contributed by atoms with van der Waals surface area (Å²) < 4.78 is 10.8. The van der Waals surface area contributed by atoms with E-state index in [4.69, 9.17) is 9.47 Å². The highest BCUT2D eigenvalue weighted by Gasteiger charge is 2.25. The standard InChI is InChI=1S/C20H31N3O3/c1-3-22(4-2)12-9-21-20(24)17-7-10-23(11-8-17)14-16-5-6-18-19(13-16)26-15-25-18/h5-6,13,17H,3-4,7-12,14-15H2,1-2H3,(H,21,24). The summed E-state index contributed by atoms with van der Waals surface area (Å²) in [6.07, 6.45) is 1.86. The van der Waals surface area contributed by atoms with Gasteiger partial charge in [-0.05, 0) is 56.7 Å². The number of hydrogen-bond donors (Lipinski definition) is 1. The van der Waals surface area contributed by atoms with Crippen LogP contribution >= 0.6 is 0 Å². The van der Waals surface area contributed by atoms with Gasteiger partial charge in [0.25, 0.3) is 0 Å². The van der Waals surface area contributed by atoms with E-state index >= 15 is 0 Å². The summed E-state index contributed by atoms with van der Waals surface area (Å²) in [5, 5.41) is 3.11. The van der Waals surface area contributed by atoms with Gasteiger partial charge >= 0.3 is 0 Å². The van der Waals surface area contributed by atoms with Crippen LogP contribution in [-0.4, -0.2) is 61.8 Å². The molecule has 0 bridgehead atoms. The quantitative estimate of drug-likeness (QED) is 0.768. The summed E-state index contributed by atoms with van der Waals surface area (Å²) >= 11 is 0. The second-order valence-electron chi connectivity index (χ2n) is 7.06. The molecule has 0 aliphatic carbocycles. The van der Waals surface area contributed by atoms with Crippen molar-refractivity contribution in [2.75, 3.05) is 46.1 Å². The van der Waals surface area contributed by atoms with Crippen molar-refractivity contribution >= 4 is 5.91 Å². The number of nitrogens with zero attached hydrogens (tertiary/aromatic N) is 2. The lowest BCUT2D eigenvalue weighted by molar-refractivity contribution is -0.126. The number of ether oxygens (including phenoxy) is 2. The Hall–Kier alpha value is -1.79. The van der Waals surface area contributed by atoms with E-state index in [1.54, 1.807) is 0 Å². The van der Waals surface area contributed by atoms with Crippen molar-refractivity contribution < 1.29 is 14.3 Å². The second kappa shape index (κ2) is 9.24. The molecule has 0 atom stereocenters. The number of amides is 1. The molecule has 1 fully saturated rings. The number of carbonyl (C=O) groups excluding carboxylic acids is 1. The smallest absolute Gasteiger partial charge is 0.231 e. The molecule has 2 aliphatic heterocycles. The highest BCUT2D eigenvalue weighted by Crippen LogP contribution is 2.33. The van der Waals surface area contributed by atoms with Gasteiger partial charge in [-0.2, -0.15) is 0 Å². The summed E-state index contributed by atoms with van der Waals surface area (Å²) in [5.41, 5.74) is 1.23. The second-order valence-corrected chi connectivity index (χ2v) is 7.06. The number of fused-ring (bicyclic) bond motifs is 1. The number of carbonyl (C=O) groups is 1. The van der Waals surface area contributed by atoms with Crippen LogP contribution in [0.25, 0.3) is 0 Å². The first kappa shape index (κ1) is 19.0. The number of piperidine rings is 1. The molecule has 0 unspecified atom stereocenters. The summed E-state index contributed by atoms with van der Waals surface area (Å²) in [6, 6.07) is 6.14. The minimum Gasteiger partial charge on any atom is -0.454 e. The first-order valence-electron chi connectivity index (χ1n) is 9.80. The number of hydrogen-bond acceptors (Lipinski definition) is 5. The molecule has 1 amide bonds. The zero-order valence-corrected chi connectivity index (χ0v) is 16.0. The topological polar surface area (TPSA) is 54.0 Å². The predicted octanol–water partition coefficient (Wildman–Crippen LogP) is 2.09. The summed E-state index contributed by atoms with van der Waals surface area (Å²) in [5.74, 6) is 2.04. The molecule has 144 valence electrons. The molecule has 2 heterocycles. The Balaban J connectivity index is 1.39. The minimum absolute atomic E-state index is 0.153. The van der Waals surface area contributed by atoms with Crippen LogP contribution in [-0.2, 0) is 11.3 Å². The van der Waals surface area contributed by atoms with Gasteiger partial charge < -0.3 is 19.7 Å². The van der Waals surface area contributed by atoms with Crippen LogP contribution < -0.4 is 14.8 Å². The SMILES string of the molecule is CCN(CC)CCNC(=O)C1CCN(Cc2ccc3c(c2)OCO3)CC1. The van der Waals surface area contributed by atoms with Gasteiger partial charge in [-0.3, -0.25) is 9.69 Å². The van der Waals surface area contributed by atoms with Crippen LogP contribution in [0.3, 0.4) is 0 Å². The van der Waals surface area contributed by atoms with Crippen molar-refractivity contribution in [1.29, 1.82) is 0 Å². The molecule has 3 rings (SSSR count). The van der Waals surface area contributed by atoms with Gasteiger partial charge in [0.05, 0.1) is 0 Å². The van der Waals surface area contributed by atoms with Crippen LogP contribution in [0.2, 0.25) is 0 Å². The maximum atomic E-state index is 12.4. The first-order valence-corrected chi connectivity index (χ1v) is 9.80. The third-order valence-electron chi connectivity index (χ3n) is 5.42. The number of rotatable bonds is 8. The van der Waals surface area contributed by atoms with Gasteiger partial charge in [-0.15, -0.1) is 0 Å². The summed E-state index contributed by atoms with van der Waals surface area (Å²) in [7, 11) is 0. The molecule has 2 aliphatic rings. The Bertz CT molecular complexity index is 596. The van der Waals surface area contributed by atoms with Crippen LogP contribution in [0.4, 0.5) is 0 Å². The van der Waals surface area contributed by atoms with Crippen LogP contribution in [0.5, 0.6) is 11.5 Å². The fourth-order valence-electron chi connectivity index (χ4n) is 3.67. The lowest BCUT2D eigenvalue weighted by Gasteiger charge is -2.31. The van der Waals surface area contributed by atoms with E-state index in [1.807, 2.05) is 6.07 Å². The molecule has 0 spiro atoms.